The molecular weight excluding hydrogens is 294 g/mol. The molecule has 6 nitrogen and oxygen atoms in total. The van der Waals surface area contributed by atoms with Gasteiger partial charge in [-0.05, 0) is 38.5 Å². The second-order valence-corrected chi connectivity index (χ2v) is 5.76. The van der Waals surface area contributed by atoms with Gasteiger partial charge in [-0.15, -0.1) is 0 Å². The molecule has 126 valence electrons. The molecule has 23 heavy (non-hydrogen) atoms. The Bertz CT molecular complexity index is 554. The largest absolute Gasteiger partial charge is 0.450 e. The summed E-state index contributed by atoms with van der Waals surface area (Å²) in [4.78, 5) is 27.8. The molecule has 0 radical (unpaired) electrons. The minimum absolute atomic E-state index is 0.0276. The Kier molecular flexibility index (Phi) is 5.98. The van der Waals surface area contributed by atoms with Gasteiger partial charge in [-0.2, -0.15) is 0 Å². The number of carbonyl (C=O) groups is 2. The Hall–Kier alpha value is -2.08. The van der Waals surface area contributed by atoms with E-state index in [4.69, 9.17) is 4.74 Å². The molecule has 0 spiro atoms. The van der Waals surface area contributed by atoms with E-state index in [-0.39, 0.29) is 18.0 Å². The van der Waals surface area contributed by atoms with Crippen LogP contribution in [0.3, 0.4) is 0 Å². The lowest BCUT2D eigenvalue weighted by Crippen LogP contribution is -2.54. The number of hydrogen-bond acceptors (Lipinski definition) is 4. The standard InChI is InChI=1S/C17H25N3O3/c1-4-23-17(22)20-10-8-19(9-11-20)14(3)16(21)18-15-7-5-6-13(2)12-15/h5-7,12,14H,4,8-11H2,1-3H3,(H,18,21)/t14-/m0/s1. The maximum atomic E-state index is 12.4. The number of carbonyl (C=O) groups excluding carboxylic acids is 2. The predicted molar refractivity (Wildman–Crippen MR) is 89.4 cm³/mol. The molecule has 1 aliphatic heterocycles. The van der Waals surface area contributed by atoms with Crippen molar-refractivity contribution < 1.29 is 14.3 Å². The van der Waals surface area contributed by atoms with Crippen LogP contribution < -0.4 is 5.32 Å². The lowest BCUT2D eigenvalue weighted by Gasteiger charge is -2.36. The van der Waals surface area contributed by atoms with Gasteiger partial charge in [-0.25, -0.2) is 4.79 Å². The van der Waals surface area contributed by atoms with E-state index < -0.39 is 0 Å². The van der Waals surface area contributed by atoms with Gasteiger partial charge in [-0.1, -0.05) is 12.1 Å². The molecule has 2 rings (SSSR count). The zero-order valence-corrected chi connectivity index (χ0v) is 14.0. The summed E-state index contributed by atoms with van der Waals surface area (Å²) in [5.41, 5.74) is 1.92. The molecule has 0 saturated carbocycles. The molecule has 0 aliphatic carbocycles. The Morgan fingerprint density at radius 2 is 1.96 bits per heavy atom. The van der Waals surface area contributed by atoms with Gasteiger partial charge in [0.25, 0.3) is 0 Å². The first-order valence-electron chi connectivity index (χ1n) is 8.04. The molecule has 1 N–H and O–H groups in total. The van der Waals surface area contributed by atoms with Gasteiger partial charge in [0.2, 0.25) is 5.91 Å². The minimum atomic E-state index is -0.274. The van der Waals surface area contributed by atoms with Crippen molar-refractivity contribution in [1.82, 2.24) is 9.80 Å². The summed E-state index contributed by atoms with van der Waals surface area (Å²) in [6.07, 6.45) is -0.274. The maximum absolute atomic E-state index is 12.4. The van der Waals surface area contributed by atoms with Crippen LogP contribution in [0, 0.1) is 6.92 Å². The zero-order chi connectivity index (χ0) is 16.8. The second-order valence-electron chi connectivity index (χ2n) is 5.76. The summed E-state index contributed by atoms with van der Waals surface area (Å²) >= 11 is 0. The van der Waals surface area contributed by atoms with Crippen LogP contribution in [0.2, 0.25) is 0 Å². The van der Waals surface area contributed by atoms with Gasteiger partial charge < -0.3 is 15.0 Å². The highest BCUT2D eigenvalue weighted by atomic mass is 16.6. The first kappa shape index (κ1) is 17.3. The van der Waals surface area contributed by atoms with E-state index in [9.17, 15) is 9.59 Å². The third-order valence-electron chi connectivity index (χ3n) is 4.05. The molecule has 1 atom stereocenters. The van der Waals surface area contributed by atoms with Crippen LogP contribution in [0.4, 0.5) is 10.5 Å². The van der Waals surface area contributed by atoms with E-state index in [0.29, 0.717) is 32.8 Å². The monoisotopic (exact) mass is 319 g/mol. The molecule has 0 bridgehead atoms. The predicted octanol–water partition coefficient (Wildman–Crippen LogP) is 2.10. The summed E-state index contributed by atoms with van der Waals surface area (Å²) < 4.78 is 5.00. The topological polar surface area (TPSA) is 61.9 Å². The van der Waals surface area contributed by atoms with Crippen molar-refractivity contribution in [3.63, 3.8) is 0 Å². The van der Waals surface area contributed by atoms with Crippen LogP contribution in [0.5, 0.6) is 0 Å². The number of nitrogens with zero attached hydrogens (tertiary/aromatic N) is 2. The van der Waals surface area contributed by atoms with E-state index in [0.717, 1.165) is 11.3 Å². The number of rotatable bonds is 4. The first-order chi connectivity index (χ1) is 11.0. The fraction of sp³-hybridized carbons (Fsp3) is 0.529. The van der Waals surface area contributed by atoms with Crippen molar-refractivity contribution in [1.29, 1.82) is 0 Å². The third kappa shape index (κ3) is 4.69. The van der Waals surface area contributed by atoms with Crippen molar-refractivity contribution in [3.05, 3.63) is 29.8 Å². The van der Waals surface area contributed by atoms with E-state index in [1.54, 1.807) is 11.8 Å². The average molecular weight is 319 g/mol. The van der Waals surface area contributed by atoms with Crippen LogP contribution in [-0.4, -0.2) is 60.6 Å². The second kappa shape index (κ2) is 7.97. The third-order valence-corrected chi connectivity index (χ3v) is 4.05. The van der Waals surface area contributed by atoms with Gasteiger partial charge in [0.1, 0.15) is 0 Å². The number of hydrogen-bond donors (Lipinski definition) is 1. The Labute approximate surface area is 137 Å². The summed E-state index contributed by atoms with van der Waals surface area (Å²) in [6.45, 7) is 8.57. The number of anilines is 1. The molecule has 1 heterocycles. The molecule has 1 aromatic rings. The number of aryl methyl sites for hydroxylation is 1. The number of amides is 2. The molecule has 6 heteroatoms. The Morgan fingerprint density at radius 3 is 2.57 bits per heavy atom. The van der Waals surface area contributed by atoms with E-state index in [2.05, 4.69) is 10.2 Å². The van der Waals surface area contributed by atoms with Gasteiger partial charge in [0.05, 0.1) is 12.6 Å². The van der Waals surface area contributed by atoms with Gasteiger partial charge in [0, 0.05) is 31.9 Å². The van der Waals surface area contributed by atoms with Crippen LogP contribution in [-0.2, 0) is 9.53 Å². The van der Waals surface area contributed by atoms with Crippen LogP contribution in [0.25, 0.3) is 0 Å². The summed E-state index contributed by atoms with van der Waals surface area (Å²) in [7, 11) is 0. The van der Waals surface area contributed by atoms with E-state index >= 15 is 0 Å². The average Bonchev–Trinajstić information content (AvgIpc) is 2.54. The quantitative estimate of drug-likeness (QED) is 0.923. The Morgan fingerprint density at radius 1 is 1.26 bits per heavy atom. The number of nitrogens with one attached hydrogen (secondary N) is 1. The number of piperazine rings is 1. The molecule has 1 aliphatic rings. The van der Waals surface area contributed by atoms with E-state index in [1.807, 2.05) is 38.1 Å². The van der Waals surface area contributed by atoms with Crippen molar-refractivity contribution in [2.75, 3.05) is 38.1 Å². The summed E-state index contributed by atoms with van der Waals surface area (Å²) in [5.74, 6) is -0.0276. The van der Waals surface area contributed by atoms with Crippen molar-refractivity contribution in [2.24, 2.45) is 0 Å². The molecule has 0 unspecified atom stereocenters. The van der Waals surface area contributed by atoms with Crippen molar-refractivity contribution >= 4 is 17.7 Å². The maximum Gasteiger partial charge on any atom is 0.409 e. The van der Waals surface area contributed by atoms with Crippen LogP contribution in [0.15, 0.2) is 24.3 Å². The number of ether oxygens (including phenoxy) is 1. The lowest BCUT2D eigenvalue weighted by atomic mass is 10.2. The molecule has 0 aromatic heterocycles. The highest BCUT2D eigenvalue weighted by molar-refractivity contribution is 5.94. The molecule has 2 amide bonds. The summed E-state index contributed by atoms with van der Waals surface area (Å²) in [5, 5.41) is 2.95. The summed E-state index contributed by atoms with van der Waals surface area (Å²) in [6, 6.07) is 7.51. The van der Waals surface area contributed by atoms with Crippen molar-refractivity contribution in [2.45, 2.75) is 26.8 Å². The molecule has 1 saturated heterocycles. The fourth-order valence-electron chi connectivity index (χ4n) is 2.64. The highest BCUT2D eigenvalue weighted by Gasteiger charge is 2.27. The lowest BCUT2D eigenvalue weighted by molar-refractivity contribution is -0.121. The molecule has 1 aromatic carbocycles. The number of benzene rings is 1. The molecular formula is C17H25N3O3. The first-order valence-corrected chi connectivity index (χ1v) is 8.04. The highest BCUT2D eigenvalue weighted by Crippen LogP contribution is 2.13. The van der Waals surface area contributed by atoms with E-state index in [1.165, 1.54) is 0 Å². The minimum Gasteiger partial charge on any atom is -0.450 e. The fourth-order valence-corrected chi connectivity index (χ4v) is 2.64. The SMILES string of the molecule is CCOC(=O)N1CCN([C@@H](C)C(=O)Nc2cccc(C)c2)CC1. The van der Waals surface area contributed by atoms with Crippen LogP contribution >= 0.6 is 0 Å². The van der Waals surface area contributed by atoms with Crippen LogP contribution in [0.1, 0.15) is 19.4 Å². The van der Waals surface area contributed by atoms with Gasteiger partial charge in [0.15, 0.2) is 0 Å². The smallest absolute Gasteiger partial charge is 0.409 e. The normalized spacial score (nSPS) is 16.7. The Balaban J connectivity index is 1.85. The van der Waals surface area contributed by atoms with Crippen molar-refractivity contribution in [3.8, 4) is 0 Å². The van der Waals surface area contributed by atoms with Gasteiger partial charge >= 0.3 is 6.09 Å². The zero-order valence-electron chi connectivity index (χ0n) is 14.0. The molecule has 1 fully saturated rings. The van der Waals surface area contributed by atoms with Gasteiger partial charge in [-0.3, -0.25) is 9.69 Å².